The Labute approximate surface area is 179 Å². The lowest BCUT2D eigenvalue weighted by atomic mass is 9.77. The van der Waals surface area contributed by atoms with Gasteiger partial charge >= 0.3 is 0 Å². The van der Waals surface area contributed by atoms with Gasteiger partial charge in [-0.25, -0.2) is 0 Å². The van der Waals surface area contributed by atoms with Gasteiger partial charge in [-0.05, 0) is 30.2 Å². The fourth-order valence-electron chi connectivity index (χ4n) is 5.41. The monoisotopic (exact) mass is 413 g/mol. The molecule has 6 heteroatoms. The van der Waals surface area contributed by atoms with Crippen LogP contribution in [0.4, 0.5) is 5.69 Å². The van der Waals surface area contributed by atoms with Gasteiger partial charge in [0.15, 0.2) is 0 Å². The molecule has 0 unspecified atom stereocenters. The molecule has 3 aliphatic rings. The van der Waals surface area contributed by atoms with E-state index in [9.17, 15) is 9.59 Å². The number of para-hydroxylation sites is 2. The van der Waals surface area contributed by atoms with Crippen molar-refractivity contribution in [1.82, 2.24) is 9.88 Å². The molecule has 1 aromatic heterocycles. The summed E-state index contributed by atoms with van der Waals surface area (Å²) in [6, 6.07) is 17.5. The van der Waals surface area contributed by atoms with E-state index in [0.29, 0.717) is 13.1 Å². The van der Waals surface area contributed by atoms with Crippen molar-refractivity contribution in [3.8, 4) is 0 Å². The molecule has 3 aromatic rings. The summed E-state index contributed by atoms with van der Waals surface area (Å²) in [5.41, 5.74) is 2.34. The minimum atomic E-state index is -0.680. The maximum absolute atomic E-state index is 13.4. The lowest BCUT2D eigenvalue weighted by Crippen LogP contribution is -2.41. The molecule has 6 nitrogen and oxygen atoms in total. The third-order valence-electron chi connectivity index (χ3n) is 6.85. The van der Waals surface area contributed by atoms with Crippen molar-refractivity contribution in [2.75, 3.05) is 18.4 Å². The highest BCUT2D eigenvalue weighted by atomic mass is 16.5. The van der Waals surface area contributed by atoms with Crippen molar-refractivity contribution in [3.63, 3.8) is 0 Å². The van der Waals surface area contributed by atoms with Gasteiger partial charge in [-0.2, -0.15) is 0 Å². The maximum atomic E-state index is 13.4. The molecule has 1 spiro atoms. The Morgan fingerprint density at radius 3 is 2.84 bits per heavy atom. The zero-order chi connectivity index (χ0) is 21.0. The zero-order valence-electron chi connectivity index (χ0n) is 17.0. The van der Waals surface area contributed by atoms with Gasteiger partial charge in [0.25, 0.3) is 0 Å². The second-order valence-corrected chi connectivity index (χ2v) is 8.62. The number of H-pyrrole nitrogens is 1. The molecule has 0 aliphatic carbocycles. The van der Waals surface area contributed by atoms with Crippen LogP contribution in [0.5, 0.6) is 0 Å². The Morgan fingerprint density at radius 1 is 1.16 bits per heavy atom. The van der Waals surface area contributed by atoms with Crippen LogP contribution in [0.3, 0.4) is 0 Å². The highest BCUT2D eigenvalue weighted by molar-refractivity contribution is 5.99. The van der Waals surface area contributed by atoms with Crippen LogP contribution in [0.1, 0.15) is 5.56 Å². The van der Waals surface area contributed by atoms with Crippen molar-refractivity contribution >= 4 is 28.4 Å². The average molecular weight is 413 g/mol. The standard InChI is InChI=1S/C25H23N3O3/c29-23(27-17-6-2-1-3-7-17)21-20-10-12-25(31-20)15-28(24(30)22(21)25)13-11-16-14-26-19-9-5-4-8-18(16)19/h1-10,12,14,20-22,26H,11,13,15H2,(H,27,29)/t20-,21+,22-,25-/m0/s1. The first kappa shape index (κ1) is 18.4. The van der Waals surface area contributed by atoms with E-state index < -0.39 is 17.4 Å². The van der Waals surface area contributed by atoms with Gasteiger partial charge in [-0.3, -0.25) is 9.59 Å². The third kappa shape index (κ3) is 2.82. The zero-order valence-corrected chi connectivity index (χ0v) is 17.0. The highest BCUT2D eigenvalue weighted by Gasteiger charge is 2.66. The summed E-state index contributed by atoms with van der Waals surface area (Å²) in [5.74, 6) is -1.11. The van der Waals surface area contributed by atoms with Gasteiger partial charge in [0, 0.05) is 29.3 Å². The number of anilines is 1. The maximum Gasteiger partial charge on any atom is 0.231 e. The van der Waals surface area contributed by atoms with Gasteiger partial charge in [-0.1, -0.05) is 48.6 Å². The number of ether oxygens (including phenoxy) is 1. The van der Waals surface area contributed by atoms with Crippen molar-refractivity contribution in [2.24, 2.45) is 11.8 Å². The van der Waals surface area contributed by atoms with Crippen molar-refractivity contribution in [2.45, 2.75) is 18.1 Å². The Balaban J connectivity index is 1.21. The number of carbonyl (C=O) groups is 2. The first-order valence-electron chi connectivity index (χ1n) is 10.7. The fraction of sp³-hybridized carbons (Fsp3) is 0.280. The molecule has 3 aliphatic heterocycles. The molecule has 0 saturated carbocycles. The van der Waals surface area contributed by atoms with E-state index in [-0.39, 0.29) is 17.9 Å². The van der Waals surface area contributed by atoms with Crippen LogP contribution < -0.4 is 5.32 Å². The predicted octanol–water partition coefficient (Wildman–Crippen LogP) is 3.13. The first-order valence-corrected chi connectivity index (χ1v) is 10.7. The molecule has 2 N–H and O–H groups in total. The highest BCUT2D eigenvalue weighted by Crippen LogP contribution is 2.52. The number of aromatic amines is 1. The lowest BCUT2D eigenvalue weighted by Gasteiger charge is -2.23. The third-order valence-corrected chi connectivity index (χ3v) is 6.85. The number of likely N-dealkylation sites (tertiary alicyclic amines) is 1. The molecule has 2 fully saturated rings. The number of aromatic nitrogens is 1. The van der Waals surface area contributed by atoms with Crippen molar-refractivity contribution in [3.05, 3.63) is 78.5 Å². The molecule has 2 aromatic carbocycles. The number of hydrogen-bond acceptors (Lipinski definition) is 3. The number of benzene rings is 2. The first-order chi connectivity index (χ1) is 15.1. The van der Waals surface area contributed by atoms with Crippen LogP contribution >= 0.6 is 0 Å². The van der Waals surface area contributed by atoms with Crippen LogP contribution in [-0.4, -0.2) is 46.5 Å². The molecule has 2 amide bonds. The normalized spacial score (nSPS) is 28.5. The molecular formula is C25H23N3O3. The number of nitrogens with zero attached hydrogens (tertiary/aromatic N) is 1. The topological polar surface area (TPSA) is 74.4 Å². The van der Waals surface area contributed by atoms with E-state index in [1.807, 2.05) is 65.7 Å². The molecule has 0 radical (unpaired) electrons. The Morgan fingerprint density at radius 2 is 1.97 bits per heavy atom. The smallest absolute Gasteiger partial charge is 0.231 e. The van der Waals surface area contributed by atoms with E-state index in [4.69, 9.17) is 4.74 Å². The van der Waals surface area contributed by atoms with Crippen LogP contribution in [-0.2, 0) is 20.7 Å². The van der Waals surface area contributed by atoms with E-state index in [1.54, 1.807) is 0 Å². The number of amides is 2. The quantitative estimate of drug-likeness (QED) is 0.631. The number of fused-ring (bicyclic) bond motifs is 2. The van der Waals surface area contributed by atoms with Gasteiger partial charge in [0.2, 0.25) is 11.8 Å². The van der Waals surface area contributed by atoms with Crippen LogP contribution in [0, 0.1) is 11.8 Å². The van der Waals surface area contributed by atoms with Gasteiger partial charge < -0.3 is 19.9 Å². The van der Waals surface area contributed by atoms with Crippen molar-refractivity contribution < 1.29 is 14.3 Å². The fourth-order valence-corrected chi connectivity index (χ4v) is 5.41. The summed E-state index contributed by atoms with van der Waals surface area (Å²) in [7, 11) is 0. The summed E-state index contributed by atoms with van der Waals surface area (Å²) >= 11 is 0. The summed E-state index contributed by atoms with van der Waals surface area (Å²) < 4.78 is 6.22. The largest absolute Gasteiger partial charge is 0.361 e. The molecule has 2 bridgehead atoms. The Hall–Kier alpha value is -3.38. The number of hydrogen-bond donors (Lipinski definition) is 2. The molecule has 31 heavy (non-hydrogen) atoms. The second kappa shape index (κ2) is 6.82. The predicted molar refractivity (Wildman–Crippen MR) is 117 cm³/mol. The van der Waals surface area contributed by atoms with Gasteiger partial charge in [0.1, 0.15) is 5.60 Å². The van der Waals surface area contributed by atoms with E-state index in [2.05, 4.69) is 22.4 Å². The summed E-state index contributed by atoms with van der Waals surface area (Å²) in [4.78, 5) is 31.6. The molecular weight excluding hydrogens is 390 g/mol. The Kier molecular flexibility index (Phi) is 4.05. The summed E-state index contributed by atoms with van der Waals surface area (Å²) in [5, 5.41) is 4.15. The number of nitrogens with one attached hydrogen (secondary N) is 2. The van der Waals surface area contributed by atoms with Crippen LogP contribution in [0.25, 0.3) is 10.9 Å². The molecule has 6 rings (SSSR count). The minimum absolute atomic E-state index is 0.0138. The molecule has 4 heterocycles. The molecule has 156 valence electrons. The minimum Gasteiger partial charge on any atom is -0.361 e. The van der Waals surface area contributed by atoms with Gasteiger partial charge in [0.05, 0.1) is 24.5 Å². The average Bonchev–Trinajstić information content (AvgIpc) is 3.53. The van der Waals surface area contributed by atoms with E-state index in [1.165, 1.54) is 10.9 Å². The molecule has 4 atom stereocenters. The summed E-state index contributed by atoms with van der Waals surface area (Å²) in [6.45, 7) is 1.11. The van der Waals surface area contributed by atoms with E-state index >= 15 is 0 Å². The van der Waals surface area contributed by atoms with Gasteiger partial charge in [-0.15, -0.1) is 0 Å². The summed E-state index contributed by atoms with van der Waals surface area (Å²) in [6.07, 6.45) is 6.38. The van der Waals surface area contributed by atoms with Crippen molar-refractivity contribution in [1.29, 1.82) is 0 Å². The SMILES string of the molecule is O=C(Nc1ccccc1)[C@@H]1[C@@H]2C=C[C@@]3(CN(CCc4c[nH]c5ccccc45)C(=O)[C@H]13)O2. The van der Waals surface area contributed by atoms with E-state index in [0.717, 1.165) is 17.6 Å². The number of rotatable bonds is 5. The van der Waals surface area contributed by atoms with Crippen LogP contribution in [0.15, 0.2) is 72.9 Å². The van der Waals surface area contributed by atoms with Crippen LogP contribution in [0.2, 0.25) is 0 Å². The second-order valence-electron chi connectivity index (χ2n) is 8.62. The number of carbonyl (C=O) groups excluding carboxylic acids is 2. The molecule has 2 saturated heterocycles. The Bertz CT molecular complexity index is 1200. The lowest BCUT2D eigenvalue weighted by molar-refractivity contribution is -0.135.